The van der Waals surface area contributed by atoms with Crippen LogP contribution in [-0.4, -0.2) is 18.2 Å². The lowest BCUT2D eigenvalue weighted by molar-refractivity contribution is -0.115. The van der Waals surface area contributed by atoms with Crippen LogP contribution in [0.2, 0.25) is 5.02 Å². The highest BCUT2D eigenvalue weighted by atomic mass is 35.5. The lowest BCUT2D eigenvalue weighted by atomic mass is 10.1. The average molecular weight is 469 g/mol. The van der Waals surface area contributed by atoms with E-state index in [1.54, 1.807) is 30.3 Å². The molecular formula is C24H18ClFN2O3S. The van der Waals surface area contributed by atoms with Crippen molar-refractivity contribution >= 4 is 46.2 Å². The fraction of sp³-hybridized carbons (Fsp3) is 0.0833. The minimum atomic E-state index is -0.312. The third kappa shape index (κ3) is 5.30. The highest BCUT2D eigenvalue weighted by Gasteiger charge is 2.24. The van der Waals surface area contributed by atoms with Crippen molar-refractivity contribution in [1.29, 1.82) is 0 Å². The molecule has 1 heterocycles. The van der Waals surface area contributed by atoms with Gasteiger partial charge in [-0.1, -0.05) is 41.9 Å². The van der Waals surface area contributed by atoms with E-state index in [0.29, 0.717) is 32.2 Å². The summed E-state index contributed by atoms with van der Waals surface area (Å²) in [6, 6.07) is 18.8. The lowest BCUT2D eigenvalue weighted by Crippen LogP contribution is -2.19. The Morgan fingerprint density at radius 1 is 1.12 bits per heavy atom. The zero-order valence-corrected chi connectivity index (χ0v) is 18.5. The molecule has 0 unspecified atom stereocenters. The first-order valence-electron chi connectivity index (χ1n) is 9.61. The Morgan fingerprint density at radius 2 is 1.88 bits per heavy atom. The third-order valence-corrected chi connectivity index (χ3v) is 5.67. The Balaban J connectivity index is 1.53. The molecule has 0 aromatic heterocycles. The first-order chi connectivity index (χ1) is 15.5. The van der Waals surface area contributed by atoms with Crippen molar-refractivity contribution in [2.45, 2.75) is 6.61 Å². The molecule has 32 heavy (non-hydrogen) atoms. The molecule has 1 amide bonds. The molecule has 0 aliphatic carbocycles. The van der Waals surface area contributed by atoms with Crippen LogP contribution in [0, 0.1) is 5.82 Å². The van der Waals surface area contributed by atoms with Crippen LogP contribution in [0.5, 0.6) is 11.5 Å². The average Bonchev–Trinajstić information content (AvgIpc) is 3.12. The molecule has 1 N–H and O–H groups in total. The number of nitrogens with zero attached hydrogens (tertiary/aromatic N) is 1. The normalized spacial score (nSPS) is 15.8. The van der Waals surface area contributed by atoms with E-state index in [2.05, 4.69) is 10.3 Å². The number of methoxy groups -OCH3 is 1. The van der Waals surface area contributed by atoms with Gasteiger partial charge in [0.2, 0.25) is 0 Å². The van der Waals surface area contributed by atoms with Crippen molar-refractivity contribution in [1.82, 2.24) is 5.32 Å². The van der Waals surface area contributed by atoms with Gasteiger partial charge in [-0.15, -0.1) is 0 Å². The van der Waals surface area contributed by atoms with Crippen LogP contribution < -0.4 is 14.8 Å². The topological polar surface area (TPSA) is 59.9 Å². The summed E-state index contributed by atoms with van der Waals surface area (Å²) in [5.41, 5.74) is 2.23. The third-order valence-electron chi connectivity index (χ3n) is 4.48. The molecule has 1 aliphatic heterocycles. The van der Waals surface area contributed by atoms with Crippen LogP contribution in [0.15, 0.2) is 76.6 Å². The zero-order valence-electron chi connectivity index (χ0n) is 17.0. The minimum absolute atomic E-state index is 0.203. The van der Waals surface area contributed by atoms with E-state index in [-0.39, 0.29) is 18.3 Å². The molecule has 4 rings (SSSR count). The summed E-state index contributed by atoms with van der Waals surface area (Å²) in [5.74, 6) is 0.243. The van der Waals surface area contributed by atoms with Gasteiger partial charge in [0.1, 0.15) is 12.4 Å². The molecule has 5 nitrogen and oxygen atoms in total. The van der Waals surface area contributed by atoms with Gasteiger partial charge in [-0.3, -0.25) is 4.79 Å². The van der Waals surface area contributed by atoms with E-state index in [1.807, 2.05) is 30.3 Å². The van der Waals surface area contributed by atoms with Crippen LogP contribution in [-0.2, 0) is 11.4 Å². The number of benzene rings is 3. The fourth-order valence-corrected chi connectivity index (χ4v) is 4.07. The zero-order chi connectivity index (χ0) is 22.5. The van der Waals surface area contributed by atoms with E-state index in [4.69, 9.17) is 21.1 Å². The van der Waals surface area contributed by atoms with E-state index in [0.717, 1.165) is 11.3 Å². The predicted octanol–water partition coefficient (Wildman–Crippen LogP) is 5.96. The first kappa shape index (κ1) is 21.9. The number of para-hydroxylation sites is 1. The van der Waals surface area contributed by atoms with Gasteiger partial charge in [0, 0.05) is 0 Å². The second kappa shape index (κ2) is 9.89. The van der Waals surface area contributed by atoms with Gasteiger partial charge in [-0.05, 0) is 65.4 Å². The number of ether oxygens (including phenoxy) is 2. The lowest BCUT2D eigenvalue weighted by Gasteiger charge is -2.13. The second-order valence-corrected chi connectivity index (χ2v) is 8.20. The maximum absolute atomic E-state index is 13.1. The first-order valence-corrected chi connectivity index (χ1v) is 10.8. The molecular weight excluding hydrogens is 451 g/mol. The van der Waals surface area contributed by atoms with Gasteiger partial charge in [-0.2, -0.15) is 0 Å². The van der Waals surface area contributed by atoms with Crippen molar-refractivity contribution in [3.63, 3.8) is 0 Å². The van der Waals surface area contributed by atoms with Crippen molar-refractivity contribution in [3.8, 4) is 11.5 Å². The predicted molar refractivity (Wildman–Crippen MR) is 126 cm³/mol. The highest BCUT2D eigenvalue weighted by molar-refractivity contribution is 8.18. The number of carbonyl (C=O) groups excluding carboxylic acids is 1. The number of thioether (sulfide) groups is 1. The van der Waals surface area contributed by atoms with Gasteiger partial charge in [0.15, 0.2) is 16.7 Å². The summed E-state index contributed by atoms with van der Waals surface area (Å²) < 4.78 is 24.3. The van der Waals surface area contributed by atoms with E-state index >= 15 is 0 Å². The van der Waals surface area contributed by atoms with Crippen LogP contribution in [0.1, 0.15) is 11.1 Å². The Hall–Kier alpha value is -3.29. The Bertz CT molecular complexity index is 1200. The van der Waals surface area contributed by atoms with Gasteiger partial charge >= 0.3 is 0 Å². The van der Waals surface area contributed by atoms with E-state index in [1.165, 1.54) is 31.0 Å². The molecule has 1 saturated heterocycles. The smallest absolute Gasteiger partial charge is 0.264 e. The number of hydrogen-bond acceptors (Lipinski definition) is 5. The van der Waals surface area contributed by atoms with Crippen LogP contribution in [0.25, 0.3) is 6.08 Å². The molecule has 3 aromatic rings. The highest BCUT2D eigenvalue weighted by Crippen LogP contribution is 2.38. The number of amidine groups is 1. The van der Waals surface area contributed by atoms with Crippen LogP contribution in [0.4, 0.5) is 10.1 Å². The fourth-order valence-electron chi connectivity index (χ4n) is 2.95. The van der Waals surface area contributed by atoms with Crippen LogP contribution in [0.3, 0.4) is 0 Å². The molecule has 0 saturated carbocycles. The van der Waals surface area contributed by atoms with E-state index in [9.17, 15) is 9.18 Å². The van der Waals surface area contributed by atoms with Gasteiger partial charge in [0.05, 0.1) is 22.7 Å². The summed E-state index contributed by atoms with van der Waals surface area (Å²) in [6.07, 6.45) is 1.71. The molecule has 0 radical (unpaired) electrons. The van der Waals surface area contributed by atoms with Gasteiger partial charge < -0.3 is 14.8 Å². The number of rotatable bonds is 6. The largest absolute Gasteiger partial charge is 0.493 e. The molecule has 1 aliphatic rings. The van der Waals surface area contributed by atoms with Crippen molar-refractivity contribution in [2.75, 3.05) is 7.11 Å². The summed E-state index contributed by atoms with van der Waals surface area (Å²) in [6.45, 7) is 0.203. The number of amides is 1. The Morgan fingerprint density at radius 3 is 2.59 bits per heavy atom. The molecule has 8 heteroatoms. The van der Waals surface area contributed by atoms with Crippen molar-refractivity contribution in [2.24, 2.45) is 4.99 Å². The van der Waals surface area contributed by atoms with Crippen molar-refractivity contribution in [3.05, 3.63) is 93.6 Å². The Kier molecular flexibility index (Phi) is 6.78. The second-order valence-electron chi connectivity index (χ2n) is 6.77. The number of halogens is 2. The number of nitrogens with one attached hydrogen (secondary N) is 1. The summed E-state index contributed by atoms with van der Waals surface area (Å²) in [4.78, 5) is 17.3. The minimum Gasteiger partial charge on any atom is -0.493 e. The molecule has 162 valence electrons. The van der Waals surface area contributed by atoms with Gasteiger partial charge in [-0.25, -0.2) is 9.38 Å². The standard InChI is InChI=1S/C24H18ClFN2O3S/c1-30-20-12-16(11-19(25)22(20)31-14-15-7-9-17(26)10-8-15)13-21-23(29)28-24(32-21)27-18-5-3-2-4-6-18/h2-13H,14H2,1H3,(H,27,28,29)/b21-13-. The number of hydrogen-bond donors (Lipinski definition) is 1. The van der Waals surface area contributed by atoms with Crippen molar-refractivity contribution < 1.29 is 18.7 Å². The molecule has 0 atom stereocenters. The number of carbonyl (C=O) groups is 1. The molecule has 1 fully saturated rings. The number of aliphatic imine (C=N–C) groups is 1. The summed E-state index contributed by atoms with van der Waals surface area (Å²) >= 11 is 7.68. The molecule has 0 bridgehead atoms. The maximum atomic E-state index is 13.1. The molecule has 0 spiro atoms. The maximum Gasteiger partial charge on any atom is 0.264 e. The quantitative estimate of drug-likeness (QED) is 0.453. The summed E-state index contributed by atoms with van der Waals surface area (Å²) in [5, 5.41) is 3.60. The Labute approximate surface area is 193 Å². The summed E-state index contributed by atoms with van der Waals surface area (Å²) in [7, 11) is 1.51. The van der Waals surface area contributed by atoms with E-state index < -0.39 is 0 Å². The SMILES string of the molecule is COc1cc(/C=C2\SC(=Nc3ccccc3)NC2=O)cc(Cl)c1OCc1ccc(F)cc1. The van der Waals surface area contributed by atoms with Gasteiger partial charge in [0.25, 0.3) is 5.91 Å². The monoisotopic (exact) mass is 468 g/mol. The van der Waals surface area contributed by atoms with Crippen LogP contribution >= 0.6 is 23.4 Å². The molecule has 3 aromatic carbocycles.